The van der Waals surface area contributed by atoms with Gasteiger partial charge in [-0.1, -0.05) is 17.7 Å². The van der Waals surface area contributed by atoms with Crippen molar-refractivity contribution in [3.8, 4) is 0 Å². The predicted molar refractivity (Wildman–Crippen MR) is 65.5 cm³/mol. The highest BCUT2D eigenvalue weighted by Gasteiger charge is 2.14. The third-order valence-corrected chi connectivity index (χ3v) is 3.05. The molecule has 0 radical (unpaired) electrons. The molecule has 0 bridgehead atoms. The van der Waals surface area contributed by atoms with E-state index in [2.05, 4.69) is 0 Å². The van der Waals surface area contributed by atoms with Crippen LogP contribution in [-0.4, -0.2) is 0 Å². The summed E-state index contributed by atoms with van der Waals surface area (Å²) in [5, 5.41) is 0.393. The lowest BCUT2D eigenvalue weighted by Gasteiger charge is -2.11. The van der Waals surface area contributed by atoms with Crippen molar-refractivity contribution in [2.75, 3.05) is 0 Å². The van der Waals surface area contributed by atoms with Crippen molar-refractivity contribution >= 4 is 11.6 Å². The van der Waals surface area contributed by atoms with Crippen molar-refractivity contribution in [1.29, 1.82) is 0 Å². The van der Waals surface area contributed by atoms with Gasteiger partial charge in [0.15, 0.2) is 0 Å². The molecule has 0 saturated heterocycles. The van der Waals surface area contributed by atoms with Crippen LogP contribution in [0.15, 0.2) is 34.9 Å². The second-order valence-electron chi connectivity index (χ2n) is 4.01. The Labute approximate surface area is 104 Å². The fourth-order valence-corrected chi connectivity index (χ4v) is 2.03. The fraction of sp³-hybridized carbons (Fsp3) is 0.231. The SMILES string of the molecule is Cc1ccoc1C(N)Cc1ccc(F)cc1Cl. The Balaban J connectivity index is 2.19. The summed E-state index contributed by atoms with van der Waals surface area (Å²) in [6, 6.07) is 5.91. The molecule has 1 aromatic carbocycles. The Morgan fingerprint density at radius 3 is 2.76 bits per heavy atom. The average Bonchev–Trinajstić information content (AvgIpc) is 2.68. The lowest BCUT2D eigenvalue weighted by Crippen LogP contribution is -2.13. The van der Waals surface area contributed by atoms with Gasteiger partial charge < -0.3 is 10.2 Å². The molecule has 17 heavy (non-hydrogen) atoms. The molecule has 0 saturated carbocycles. The topological polar surface area (TPSA) is 39.2 Å². The maximum atomic E-state index is 12.9. The molecule has 1 heterocycles. The molecule has 0 amide bonds. The zero-order valence-corrected chi connectivity index (χ0v) is 10.2. The number of halogens is 2. The Morgan fingerprint density at radius 1 is 1.41 bits per heavy atom. The predicted octanol–water partition coefficient (Wildman–Crippen LogP) is 3.62. The van der Waals surface area contributed by atoms with E-state index in [0.717, 1.165) is 16.9 Å². The summed E-state index contributed by atoms with van der Waals surface area (Å²) >= 11 is 5.95. The Morgan fingerprint density at radius 2 is 2.18 bits per heavy atom. The largest absolute Gasteiger partial charge is 0.467 e. The highest BCUT2D eigenvalue weighted by molar-refractivity contribution is 6.31. The lowest BCUT2D eigenvalue weighted by molar-refractivity contribution is 0.461. The van der Waals surface area contributed by atoms with Crippen LogP contribution in [0.5, 0.6) is 0 Å². The molecule has 1 atom stereocenters. The third kappa shape index (κ3) is 2.68. The molecule has 1 unspecified atom stereocenters. The summed E-state index contributed by atoms with van der Waals surface area (Å²) < 4.78 is 18.2. The normalized spacial score (nSPS) is 12.7. The third-order valence-electron chi connectivity index (χ3n) is 2.69. The van der Waals surface area contributed by atoms with Gasteiger partial charge in [-0.25, -0.2) is 4.39 Å². The van der Waals surface area contributed by atoms with Gasteiger partial charge in [0.1, 0.15) is 11.6 Å². The molecule has 0 spiro atoms. The molecular formula is C13H13ClFNO. The van der Waals surface area contributed by atoms with Crippen LogP contribution in [0, 0.1) is 12.7 Å². The van der Waals surface area contributed by atoms with E-state index in [0.29, 0.717) is 11.4 Å². The van der Waals surface area contributed by atoms with Crippen molar-refractivity contribution in [2.24, 2.45) is 5.73 Å². The summed E-state index contributed by atoms with van der Waals surface area (Å²) in [6.45, 7) is 1.94. The van der Waals surface area contributed by atoms with Crippen LogP contribution in [-0.2, 0) is 6.42 Å². The van der Waals surface area contributed by atoms with E-state index >= 15 is 0 Å². The van der Waals surface area contributed by atoms with Crippen molar-refractivity contribution in [2.45, 2.75) is 19.4 Å². The van der Waals surface area contributed by atoms with E-state index < -0.39 is 0 Å². The van der Waals surface area contributed by atoms with Crippen LogP contribution in [0.25, 0.3) is 0 Å². The molecule has 2 N–H and O–H groups in total. The van der Waals surface area contributed by atoms with Crippen LogP contribution >= 0.6 is 11.6 Å². The average molecular weight is 254 g/mol. The zero-order chi connectivity index (χ0) is 12.4. The second kappa shape index (κ2) is 4.90. The molecule has 90 valence electrons. The first kappa shape index (κ1) is 12.1. The smallest absolute Gasteiger partial charge is 0.124 e. The highest BCUT2D eigenvalue weighted by atomic mass is 35.5. The van der Waals surface area contributed by atoms with Gasteiger partial charge in [-0.3, -0.25) is 0 Å². The highest BCUT2D eigenvalue weighted by Crippen LogP contribution is 2.25. The second-order valence-corrected chi connectivity index (χ2v) is 4.42. The number of hydrogen-bond donors (Lipinski definition) is 1. The summed E-state index contributed by atoms with van der Waals surface area (Å²) in [7, 11) is 0. The first-order chi connectivity index (χ1) is 8.08. The van der Waals surface area contributed by atoms with E-state index in [1.165, 1.54) is 12.1 Å². The van der Waals surface area contributed by atoms with Crippen molar-refractivity contribution in [3.63, 3.8) is 0 Å². The molecule has 0 aliphatic carbocycles. The number of hydrogen-bond acceptors (Lipinski definition) is 2. The van der Waals surface area contributed by atoms with Gasteiger partial charge in [0.2, 0.25) is 0 Å². The van der Waals surface area contributed by atoms with Crippen LogP contribution in [0.3, 0.4) is 0 Å². The molecule has 4 heteroatoms. The van der Waals surface area contributed by atoms with Crippen molar-refractivity contribution < 1.29 is 8.81 Å². The molecule has 0 aliphatic heterocycles. The van der Waals surface area contributed by atoms with Crippen molar-refractivity contribution in [1.82, 2.24) is 0 Å². The molecule has 2 rings (SSSR count). The minimum absolute atomic E-state index is 0.270. The van der Waals surface area contributed by atoms with Crippen LogP contribution in [0.2, 0.25) is 5.02 Å². The number of furan rings is 1. The molecule has 2 aromatic rings. The van der Waals surface area contributed by atoms with Gasteiger partial charge in [0, 0.05) is 5.02 Å². The van der Waals surface area contributed by atoms with Gasteiger partial charge in [-0.15, -0.1) is 0 Å². The molecular weight excluding hydrogens is 241 g/mol. The number of nitrogens with two attached hydrogens (primary N) is 1. The maximum absolute atomic E-state index is 12.9. The summed E-state index contributed by atoms with van der Waals surface area (Å²) in [5.41, 5.74) is 7.86. The van der Waals surface area contributed by atoms with E-state index in [4.69, 9.17) is 21.8 Å². The Bertz CT molecular complexity index is 524. The molecule has 0 fully saturated rings. The number of benzene rings is 1. The van der Waals surface area contributed by atoms with Gasteiger partial charge in [-0.2, -0.15) is 0 Å². The first-order valence-corrected chi connectivity index (χ1v) is 5.69. The van der Waals surface area contributed by atoms with Crippen molar-refractivity contribution in [3.05, 3.63) is 58.3 Å². The standard InChI is InChI=1S/C13H13ClFNO/c1-8-4-5-17-13(8)12(16)6-9-2-3-10(15)7-11(9)14/h2-5,7,12H,6,16H2,1H3. The lowest BCUT2D eigenvalue weighted by atomic mass is 10.0. The monoisotopic (exact) mass is 253 g/mol. The van der Waals surface area contributed by atoms with E-state index in [-0.39, 0.29) is 11.9 Å². The summed E-state index contributed by atoms with van der Waals surface area (Å²) in [5.74, 6) is 0.395. The molecule has 1 aromatic heterocycles. The van der Waals surface area contributed by atoms with Gasteiger partial charge in [0.25, 0.3) is 0 Å². The van der Waals surface area contributed by atoms with E-state index in [9.17, 15) is 4.39 Å². The maximum Gasteiger partial charge on any atom is 0.124 e. The fourth-order valence-electron chi connectivity index (χ4n) is 1.78. The minimum atomic E-state index is -0.346. The summed E-state index contributed by atoms with van der Waals surface area (Å²) in [6.07, 6.45) is 2.13. The zero-order valence-electron chi connectivity index (χ0n) is 9.41. The van der Waals surface area contributed by atoms with Gasteiger partial charge in [0.05, 0.1) is 12.3 Å². The molecule has 2 nitrogen and oxygen atoms in total. The van der Waals surface area contributed by atoms with Crippen LogP contribution in [0.1, 0.15) is 22.9 Å². The number of rotatable bonds is 3. The van der Waals surface area contributed by atoms with Gasteiger partial charge >= 0.3 is 0 Å². The van der Waals surface area contributed by atoms with Crippen LogP contribution < -0.4 is 5.73 Å². The Hall–Kier alpha value is -1.32. The first-order valence-electron chi connectivity index (χ1n) is 5.31. The quantitative estimate of drug-likeness (QED) is 0.907. The van der Waals surface area contributed by atoms with Crippen LogP contribution in [0.4, 0.5) is 4.39 Å². The molecule has 0 aliphatic rings. The van der Waals surface area contributed by atoms with E-state index in [1.54, 1.807) is 12.3 Å². The summed E-state index contributed by atoms with van der Waals surface area (Å²) in [4.78, 5) is 0. The van der Waals surface area contributed by atoms with E-state index in [1.807, 2.05) is 13.0 Å². The minimum Gasteiger partial charge on any atom is -0.467 e. The Kier molecular flexibility index (Phi) is 3.50. The van der Waals surface area contributed by atoms with Gasteiger partial charge in [-0.05, 0) is 42.7 Å². The number of aryl methyl sites for hydroxylation is 1.